The standard InChI is InChI=1S/C15H13ClF3NO/c16-11-5-7-12(8-6-11)20-9-10-21-14-4-2-1-3-13(14)15(17,18)19/h1-8,20H,9-10H2. The van der Waals surface area contributed by atoms with Crippen molar-refractivity contribution in [3.05, 3.63) is 59.1 Å². The molecule has 2 aromatic rings. The fraction of sp³-hybridized carbons (Fsp3) is 0.200. The Kier molecular flexibility index (Phi) is 4.96. The summed E-state index contributed by atoms with van der Waals surface area (Å²) in [5.41, 5.74) is 0.0589. The Hall–Kier alpha value is -1.88. The maximum absolute atomic E-state index is 12.8. The molecule has 0 amide bonds. The molecule has 21 heavy (non-hydrogen) atoms. The topological polar surface area (TPSA) is 21.3 Å². The molecule has 6 heteroatoms. The Balaban J connectivity index is 1.88. The van der Waals surface area contributed by atoms with Crippen LogP contribution in [0.15, 0.2) is 48.5 Å². The molecule has 0 heterocycles. The Bertz CT molecular complexity index is 584. The molecule has 1 N–H and O–H groups in total. The van der Waals surface area contributed by atoms with E-state index < -0.39 is 11.7 Å². The predicted octanol–water partition coefficient (Wildman–Crippen LogP) is 4.85. The zero-order valence-corrected chi connectivity index (χ0v) is 11.7. The molecule has 112 valence electrons. The quantitative estimate of drug-likeness (QED) is 0.796. The molecule has 2 nitrogen and oxygen atoms in total. The predicted molar refractivity (Wildman–Crippen MR) is 76.9 cm³/mol. The average Bonchev–Trinajstić information content (AvgIpc) is 2.45. The van der Waals surface area contributed by atoms with Gasteiger partial charge in [-0.25, -0.2) is 0 Å². The van der Waals surface area contributed by atoms with Gasteiger partial charge in [-0.3, -0.25) is 0 Å². The maximum Gasteiger partial charge on any atom is 0.419 e. The summed E-state index contributed by atoms with van der Waals surface area (Å²) in [7, 11) is 0. The van der Waals surface area contributed by atoms with Crippen molar-refractivity contribution >= 4 is 17.3 Å². The Morgan fingerprint density at radius 2 is 1.67 bits per heavy atom. The van der Waals surface area contributed by atoms with Gasteiger partial charge in [0.05, 0.1) is 5.56 Å². The highest BCUT2D eigenvalue weighted by Crippen LogP contribution is 2.35. The minimum absolute atomic E-state index is 0.121. The highest BCUT2D eigenvalue weighted by Gasteiger charge is 2.33. The van der Waals surface area contributed by atoms with Gasteiger partial charge in [0.1, 0.15) is 12.4 Å². The summed E-state index contributed by atoms with van der Waals surface area (Å²) in [6, 6.07) is 12.2. The number of halogens is 4. The first kappa shape index (κ1) is 15.5. The molecular formula is C15H13ClF3NO. The molecule has 0 atom stereocenters. The van der Waals surface area contributed by atoms with Crippen LogP contribution in [-0.4, -0.2) is 13.2 Å². The highest BCUT2D eigenvalue weighted by atomic mass is 35.5. The first-order valence-corrected chi connectivity index (χ1v) is 6.63. The molecular weight excluding hydrogens is 303 g/mol. The van der Waals surface area contributed by atoms with Crippen molar-refractivity contribution in [1.29, 1.82) is 0 Å². The van der Waals surface area contributed by atoms with E-state index in [-0.39, 0.29) is 12.4 Å². The number of alkyl halides is 3. The van der Waals surface area contributed by atoms with Crippen molar-refractivity contribution in [2.75, 3.05) is 18.5 Å². The van der Waals surface area contributed by atoms with Crippen LogP contribution in [0.3, 0.4) is 0 Å². The van der Waals surface area contributed by atoms with E-state index in [0.29, 0.717) is 11.6 Å². The maximum atomic E-state index is 12.8. The van der Waals surface area contributed by atoms with Crippen molar-refractivity contribution in [3.8, 4) is 5.75 Å². The molecule has 0 saturated heterocycles. The van der Waals surface area contributed by atoms with E-state index in [2.05, 4.69) is 5.32 Å². The number of benzene rings is 2. The van der Waals surface area contributed by atoms with Crippen LogP contribution in [0.2, 0.25) is 5.02 Å². The van der Waals surface area contributed by atoms with E-state index in [0.717, 1.165) is 11.8 Å². The lowest BCUT2D eigenvalue weighted by Crippen LogP contribution is -2.14. The Morgan fingerprint density at radius 3 is 2.33 bits per heavy atom. The van der Waals surface area contributed by atoms with Crippen LogP contribution in [0.25, 0.3) is 0 Å². The van der Waals surface area contributed by atoms with Gasteiger partial charge >= 0.3 is 6.18 Å². The van der Waals surface area contributed by atoms with Gasteiger partial charge in [-0.15, -0.1) is 0 Å². The van der Waals surface area contributed by atoms with Crippen LogP contribution in [0, 0.1) is 0 Å². The van der Waals surface area contributed by atoms with Gasteiger partial charge < -0.3 is 10.1 Å². The third-order valence-corrected chi connectivity index (χ3v) is 2.98. The lowest BCUT2D eigenvalue weighted by Gasteiger charge is -2.14. The second-order valence-electron chi connectivity index (χ2n) is 4.28. The van der Waals surface area contributed by atoms with Gasteiger partial charge in [-0.2, -0.15) is 13.2 Å². The SMILES string of the molecule is FC(F)(F)c1ccccc1OCCNc1ccc(Cl)cc1. The molecule has 2 aromatic carbocycles. The fourth-order valence-corrected chi connectivity index (χ4v) is 1.88. The summed E-state index contributed by atoms with van der Waals surface area (Å²) in [6.45, 7) is 0.504. The first-order chi connectivity index (χ1) is 9.97. The molecule has 0 aliphatic carbocycles. The summed E-state index contributed by atoms with van der Waals surface area (Å²) < 4.78 is 43.5. The summed E-state index contributed by atoms with van der Waals surface area (Å²) >= 11 is 5.75. The van der Waals surface area contributed by atoms with Gasteiger partial charge in [-0.1, -0.05) is 23.7 Å². The lowest BCUT2D eigenvalue weighted by molar-refractivity contribution is -0.138. The van der Waals surface area contributed by atoms with Crippen molar-refractivity contribution in [1.82, 2.24) is 0 Å². The molecule has 0 unspecified atom stereocenters. The zero-order valence-electron chi connectivity index (χ0n) is 11.0. The third kappa shape index (κ3) is 4.56. The smallest absolute Gasteiger partial charge is 0.419 e. The van der Waals surface area contributed by atoms with Gasteiger partial charge in [0.15, 0.2) is 0 Å². The number of rotatable bonds is 5. The van der Waals surface area contributed by atoms with Crippen molar-refractivity contribution in [2.24, 2.45) is 0 Å². The number of ether oxygens (including phenoxy) is 1. The van der Waals surface area contributed by atoms with Crippen molar-refractivity contribution in [3.63, 3.8) is 0 Å². The lowest BCUT2D eigenvalue weighted by atomic mass is 10.2. The molecule has 0 aliphatic heterocycles. The number of para-hydroxylation sites is 1. The van der Waals surface area contributed by atoms with Gasteiger partial charge in [-0.05, 0) is 36.4 Å². The van der Waals surface area contributed by atoms with E-state index in [9.17, 15) is 13.2 Å². The van der Waals surface area contributed by atoms with Crippen molar-refractivity contribution < 1.29 is 17.9 Å². The Morgan fingerprint density at radius 1 is 1.00 bits per heavy atom. The molecule has 0 radical (unpaired) electrons. The number of hydrogen-bond donors (Lipinski definition) is 1. The van der Waals surface area contributed by atoms with Crippen LogP contribution >= 0.6 is 11.6 Å². The number of anilines is 1. The average molecular weight is 316 g/mol. The minimum Gasteiger partial charge on any atom is -0.491 e. The summed E-state index contributed by atoms with van der Waals surface area (Å²) in [5.74, 6) is -0.164. The van der Waals surface area contributed by atoms with Gasteiger partial charge in [0.25, 0.3) is 0 Å². The van der Waals surface area contributed by atoms with Crippen molar-refractivity contribution in [2.45, 2.75) is 6.18 Å². The molecule has 0 spiro atoms. The number of nitrogens with one attached hydrogen (secondary N) is 1. The van der Waals surface area contributed by atoms with Gasteiger partial charge in [0.2, 0.25) is 0 Å². The monoisotopic (exact) mass is 315 g/mol. The summed E-state index contributed by atoms with van der Waals surface area (Å²) in [6.07, 6.45) is -4.42. The zero-order chi connectivity index (χ0) is 15.3. The van der Waals surface area contributed by atoms with Crippen LogP contribution in [0.1, 0.15) is 5.56 Å². The summed E-state index contributed by atoms with van der Waals surface area (Å²) in [5, 5.41) is 3.66. The third-order valence-electron chi connectivity index (χ3n) is 2.73. The van der Waals surface area contributed by atoms with E-state index in [1.54, 1.807) is 24.3 Å². The molecule has 0 bridgehead atoms. The Labute approximate surface area is 125 Å². The second kappa shape index (κ2) is 6.72. The molecule has 2 rings (SSSR count). The van der Waals surface area contributed by atoms with Crippen LogP contribution in [-0.2, 0) is 6.18 Å². The molecule has 0 saturated carbocycles. The molecule has 0 aliphatic rings. The first-order valence-electron chi connectivity index (χ1n) is 6.25. The van der Waals surface area contributed by atoms with E-state index in [4.69, 9.17) is 16.3 Å². The van der Waals surface area contributed by atoms with Gasteiger partial charge in [0, 0.05) is 17.3 Å². The second-order valence-corrected chi connectivity index (χ2v) is 4.71. The largest absolute Gasteiger partial charge is 0.491 e. The molecule has 0 fully saturated rings. The van der Waals surface area contributed by atoms with E-state index in [1.165, 1.54) is 18.2 Å². The molecule has 0 aromatic heterocycles. The highest BCUT2D eigenvalue weighted by molar-refractivity contribution is 6.30. The van der Waals surface area contributed by atoms with E-state index in [1.807, 2.05) is 0 Å². The van der Waals surface area contributed by atoms with Crippen LogP contribution < -0.4 is 10.1 Å². The van der Waals surface area contributed by atoms with Crippen LogP contribution in [0.5, 0.6) is 5.75 Å². The van der Waals surface area contributed by atoms with E-state index >= 15 is 0 Å². The minimum atomic E-state index is -4.42. The summed E-state index contributed by atoms with van der Waals surface area (Å²) in [4.78, 5) is 0. The fourth-order valence-electron chi connectivity index (χ4n) is 1.75. The normalized spacial score (nSPS) is 11.2. The van der Waals surface area contributed by atoms with Crippen LogP contribution in [0.4, 0.5) is 18.9 Å². The number of hydrogen-bond acceptors (Lipinski definition) is 2.